The molecule has 4 heteroatoms. The molecule has 0 aromatic heterocycles. The van der Waals surface area contributed by atoms with Crippen molar-refractivity contribution in [2.45, 2.75) is 38.6 Å². The molecule has 2 rings (SSSR count). The molecule has 0 aliphatic heterocycles. The van der Waals surface area contributed by atoms with Crippen LogP contribution in [0.15, 0.2) is 27.7 Å². The van der Waals surface area contributed by atoms with Crippen LogP contribution < -0.4 is 11.3 Å². The fraction of sp³-hybridized carbons (Fsp3) is 0.462. The van der Waals surface area contributed by atoms with Crippen LogP contribution in [0.3, 0.4) is 0 Å². The van der Waals surface area contributed by atoms with Crippen LogP contribution in [0.25, 0.3) is 0 Å². The first-order valence-electron chi connectivity index (χ1n) is 6.01. The summed E-state index contributed by atoms with van der Waals surface area (Å²) in [6.45, 7) is 2.07. The molecule has 0 bridgehead atoms. The summed E-state index contributed by atoms with van der Waals surface area (Å²) in [7, 11) is 0. The number of hydrogen-bond donors (Lipinski definition) is 2. The Bertz CT molecular complexity index is 423. The zero-order valence-electron chi connectivity index (χ0n) is 10.0. The van der Waals surface area contributed by atoms with Gasteiger partial charge < -0.3 is 5.43 Å². The molecule has 1 saturated carbocycles. The summed E-state index contributed by atoms with van der Waals surface area (Å²) in [5, 5.41) is 0. The molecule has 0 spiro atoms. The molecule has 3 nitrogen and oxygen atoms in total. The Morgan fingerprint density at radius 2 is 2.12 bits per heavy atom. The van der Waals surface area contributed by atoms with Crippen LogP contribution in [0, 0.1) is 6.92 Å². The number of amidine groups is 1. The van der Waals surface area contributed by atoms with Gasteiger partial charge in [-0.25, -0.2) is 5.84 Å². The van der Waals surface area contributed by atoms with E-state index < -0.39 is 0 Å². The third-order valence-electron chi connectivity index (χ3n) is 3.22. The molecule has 0 amide bonds. The largest absolute Gasteiger partial charge is 0.308 e. The van der Waals surface area contributed by atoms with Crippen molar-refractivity contribution in [2.24, 2.45) is 10.8 Å². The lowest BCUT2D eigenvalue weighted by Crippen LogP contribution is -2.32. The second-order valence-corrected chi connectivity index (χ2v) is 5.44. The Morgan fingerprint density at radius 1 is 1.41 bits per heavy atom. The number of aryl methyl sites for hydroxylation is 1. The summed E-state index contributed by atoms with van der Waals surface area (Å²) in [6.07, 6.45) is 4.93. The van der Waals surface area contributed by atoms with E-state index in [-0.39, 0.29) is 0 Å². The van der Waals surface area contributed by atoms with E-state index in [9.17, 15) is 0 Å². The normalized spacial score (nSPS) is 17.5. The summed E-state index contributed by atoms with van der Waals surface area (Å²) < 4.78 is 1.08. The SMILES string of the molecule is Cc1cc(Br)ccc1C(=NC1CCCC1)NN. The van der Waals surface area contributed by atoms with Crippen LogP contribution in [0.2, 0.25) is 0 Å². The first-order valence-corrected chi connectivity index (χ1v) is 6.81. The minimum atomic E-state index is 0.434. The second kappa shape index (κ2) is 5.65. The van der Waals surface area contributed by atoms with Gasteiger partial charge in [-0.3, -0.25) is 4.99 Å². The number of aliphatic imine (C=N–C) groups is 1. The van der Waals surface area contributed by atoms with E-state index in [1.165, 1.54) is 31.2 Å². The lowest BCUT2D eigenvalue weighted by molar-refractivity contribution is 0.700. The Balaban J connectivity index is 2.27. The molecule has 0 radical (unpaired) electrons. The van der Waals surface area contributed by atoms with Gasteiger partial charge in [-0.05, 0) is 43.5 Å². The van der Waals surface area contributed by atoms with Gasteiger partial charge in [0.15, 0.2) is 0 Å². The van der Waals surface area contributed by atoms with Crippen LogP contribution in [0.5, 0.6) is 0 Å². The fourth-order valence-electron chi connectivity index (χ4n) is 2.29. The van der Waals surface area contributed by atoms with E-state index in [1.54, 1.807) is 0 Å². The number of halogens is 1. The van der Waals surface area contributed by atoms with E-state index in [0.29, 0.717) is 6.04 Å². The summed E-state index contributed by atoms with van der Waals surface area (Å²) in [6, 6.07) is 6.58. The van der Waals surface area contributed by atoms with Crippen molar-refractivity contribution < 1.29 is 0 Å². The summed E-state index contributed by atoms with van der Waals surface area (Å²) in [4.78, 5) is 4.72. The Kier molecular flexibility index (Phi) is 4.18. The average Bonchev–Trinajstić information content (AvgIpc) is 2.79. The molecule has 1 fully saturated rings. The van der Waals surface area contributed by atoms with Crippen molar-refractivity contribution in [2.75, 3.05) is 0 Å². The van der Waals surface area contributed by atoms with E-state index in [2.05, 4.69) is 34.3 Å². The van der Waals surface area contributed by atoms with Crippen LogP contribution in [0.1, 0.15) is 36.8 Å². The zero-order chi connectivity index (χ0) is 12.3. The van der Waals surface area contributed by atoms with Gasteiger partial charge in [-0.15, -0.1) is 0 Å². The van der Waals surface area contributed by atoms with Crippen molar-refractivity contribution in [1.29, 1.82) is 0 Å². The van der Waals surface area contributed by atoms with Crippen LogP contribution in [-0.4, -0.2) is 11.9 Å². The zero-order valence-corrected chi connectivity index (χ0v) is 11.6. The molecule has 0 saturated heterocycles. The maximum Gasteiger partial charge on any atom is 0.143 e. The van der Waals surface area contributed by atoms with Crippen LogP contribution in [0.4, 0.5) is 0 Å². The van der Waals surface area contributed by atoms with Gasteiger partial charge in [0, 0.05) is 10.0 Å². The van der Waals surface area contributed by atoms with Crippen molar-refractivity contribution in [1.82, 2.24) is 5.43 Å². The van der Waals surface area contributed by atoms with Gasteiger partial charge in [-0.1, -0.05) is 28.8 Å². The van der Waals surface area contributed by atoms with Crippen molar-refractivity contribution in [3.63, 3.8) is 0 Å². The lowest BCUT2D eigenvalue weighted by atomic mass is 10.1. The van der Waals surface area contributed by atoms with E-state index in [1.807, 2.05) is 12.1 Å². The molecule has 0 unspecified atom stereocenters. The predicted molar refractivity (Wildman–Crippen MR) is 75.0 cm³/mol. The van der Waals surface area contributed by atoms with E-state index in [4.69, 9.17) is 10.8 Å². The Morgan fingerprint density at radius 3 is 2.71 bits per heavy atom. The predicted octanol–water partition coefficient (Wildman–Crippen LogP) is 2.91. The number of hydrazine groups is 1. The fourth-order valence-corrected chi connectivity index (χ4v) is 2.77. The number of nitrogens with zero attached hydrogens (tertiary/aromatic N) is 1. The standard InChI is InChI=1S/C13H18BrN3/c1-9-8-10(14)6-7-12(9)13(17-15)16-11-4-2-3-5-11/h6-8,11H,2-5,15H2,1H3,(H,16,17). The highest BCUT2D eigenvalue weighted by Gasteiger charge is 2.15. The summed E-state index contributed by atoms with van der Waals surface area (Å²) in [5.74, 6) is 6.40. The molecular weight excluding hydrogens is 278 g/mol. The van der Waals surface area contributed by atoms with Gasteiger partial charge in [-0.2, -0.15) is 0 Å². The molecule has 1 aliphatic rings. The molecule has 1 aromatic carbocycles. The molecule has 1 aromatic rings. The molecule has 0 heterocycles. The summed E-state index contributed by atoms with van der Waals surface area (Å²) >= 11 is 3.46. The monoisotopic (exact) mass is 295 g/mol. The van der Waals surface area contributed by atoms with Gasteiger partial charge in [0.2, 0.25) is 0 Å². The minimum Gasteiger partial charge on any atom is -0.308 e. The quantitative estimate of drug-likeness (QED) is 0.381. The summed E-state index contributed by atoms with van der Waals surface area (Å²) in [5.41, 5.74) is 5.00. The highest BCUT2D eigenvalue weighted by molar-refractivity contribution is 9.10. The average molecular weight is 296 g/mol. The van der Waals surface area contributed by atoms with Crippen LogP contribution in [-0.2, 0) is 0 Å². The van der Waals surface area contributed by atoms with Gasteiger partial charge >= 0.3 is 0 Å². The number of nitrogens with two attached hydrogens (primary N) is 1. The third kappa shape index (κ3) is 3.07. The van der Waals surface area contributed by atoms with Crippen molar-refractivity contribution in [3.05, 3.63) is 33.8 Å². The molecule has 92 valence electrons. The van der Waals surface area contributed by atoms with Gasteiger partial charge in [0.05, 0.1) is 6.04 Å². The Labute approximate surface area is 111 Å². The smallest absolute Gasteiger partial charge is 0.143 e. The molecule has 3 N–H and O–H groups in total. The lowest BCUT2D eigenvalue weighted by Gasteiger charge is -2.12. The molecule has 17 heavy (non-hydrogen) atoms. The molecule has 0 atom stereocenters. The molecule has 1 aliphatic carbocycles. The van der Waals surface area contributed by atoms with Crippen molar-refractivity contribution >= 4 is 21.8 Å². The third-order valence-corrected chi connectivity index (χ3v) is 3.71. The number of rotatable bonds is 2. The maximum absolute atomic E-state index is 5.60. The highest BCUT2D eigenvalue weighted by atomic mass is 79.9. The van der Waals surface area contributed by atoms with Gasteiger partial charge in [0.1, 0.15) is 5.84 Å². The first kappa shape index (κ1) is 12.6. The molecular formula is C13H18BrN3. The minimum absolute atomic E-state index is 0.434. The van der Waals surface area contributed by atoms with E-state index in [0.717, 1.165) is 15.9 Å². The highest BCUT2D eigenvalue weighted by Crippen LogP contribution is 2.22. The Hall–Kier alpha value is -0.870. The second-order valence-electron chi connectivity index (χ2n) is 4.52. The topological polar surface area (TPSA) is 50.4 Å². The number of nitrogens with one attached hydrogen (secondary N) is 1. The first-order chi connectivity index (χ1) is 8.20. The number of benzene rings is 1. The van der Waals surface area contributed by atoms with Gasteiger partial charge in [0.25, 0.3) is 0 Å². The van der Waals surface area contributed by atoms with Crippen LogP contribution >= 0.6 is 15.9 Å². The number of hydrogen-bond acceptors (Lipinski definition) is 2. The maximum atomic E-state index is 5.60. The van der Waals surface area contributed by atoms with Crippen molar-refractivity contribution in [3.8, 4) is 0 Å². The van der Waals surface area contributed by atoms with E-state index >= 15 is 0 Å².